The van der Waals surface area contributed by atoms with Crippen molar-refractivity contribution in [3.8, 4) is 0 Å². The van der Waals surface area contributed by atoms with Crippen LogP contribution in [0.1, 0.15) is 73.1 Å². The van der Waals surface area contributed by atoms with Crippen molar-refractivity contribution >= 4 is 11.6 Å². The lowest BCUT2D eigenvalue weighted by atomic mass is 9.50. The quantitative estimate of drug-likeness (QED) is 0.555. The number of carbonyl (C=O) groups is 2. The monoisotopic (exact) mass is 354 g/mol. The van der Waals surface area contributed by atoms with E-state index in [1.165, 1.54) is 24.8 Å². The van der Waals surface area contributed by atoms with Crippen molar-refractivity contribution in [2.45, 2.75) is 73.1 Å². The summed E-state index contributed by atoms with van der Waals surface area (Å²) in [4.78, 5) is 21.6. The first kappa shape index (κ1) is 19.3. The van der Waals surface area contributed by atoms with Crippen molar-refractivity contribution in [2.24, 2.45) is 28.6 Å². The first-order valence-corrected chi connectivity index (χ1v) is 10.4. The second kappa shape index (κ2) is 6.94. The maximum Gasteiger partial charge on any atom is 0.156 e. The summed E-state index contributed by atoms with van der Waals surface area (Å²) >= 11 is 0. The molecule has 2 nitrogen and oxygen atoms in total. The van der Waals surface area contributed by atoms with Gasteiger partial charge in [-0.2, -0.15) is 0 Å². The van der Waals surface area contributed by atoms with Gasteiger partial charge in [0.15, 0.2) is 5.78 Å². The Labute approximate surface area is 158 Å². The lowest BCUT2D eigenvalue weighted by molar-refractivity contribution is -0.117. The van der Waals surface area contributed by atoms with Crippen LogP contribution in [0.2, 0.25) is 0 Å². The van der Waals surface area contributed by atoms with Crippen LogP contribution < -0.4 is 0 Å². The highest BCUT2D eigenvalue weighted by Gasteiger charge is 2.53. The Morgan fingerprint density at radius 1 is 1.23 bits per heavy atom. The summed E-state index contributed by atoms with van der Waals surface area (Å²) in [6.07, 6.45) is 15.5. The van der Waals surface area contributed by atoms with E-state index in [4.69, 9.17) is 0 Å². The lowest BCUT2D eigenvalue weighted by Gasteiger charge is -2.54. The molecule has 0 aliphatic heterocycles. The molecule has 0 aromatic rings. The third-order valence-corrected chi connectivity index (χ3v) is 7.87. The zero-order chi connectivity index (χ0) is 19.1. The van der Waals surface area contributed by atoms with Gasteiger partial charge in [-0.25, -0.2) is 0 Å². The molecule has 0 aromatic heterocycles. The third kappa shape index (κ3) is 3.06. The van der Waals surface area contributed by atoms with E-state index in [9.17, 15) is 9.59 Å². The highest BCUT2D eigenvalue weighted by molar-refractivity contribution is 5.92. The molecule has 5 atom stereocenters. The van der Waals surface area contributed by atoms with E-state index in [-0.39, 0.29) is 11.2 Å². The largest absolute Gasteiger partial charge is 0.300 e. The van der Waals surface area contributed by atoms with E-state index in [1.807, 2.05) is 13.0 Å². The van der Waals surface area contributed by atoms with Gasteiger partial charge < -0.3 is 4.79 Å². The minimum Gasteiger partial charge on any atom is -0.300 e. The number of ketones is 2. The molecule has 0 N–H and O–H groups in total. The predicted octanol–water partition coefficient (Wildman–Crippen LogP) is 5.84. The molecule has 1 fully saturated rings. The van der Waals surface area contributed by atoms with Crippen LogP contribution in [-0.2, 0) is 9.59 Å². The van der Waals surface area contributed by atoms with Crippen LogP contribution in [0.5, 0.6) is 0 Å². The molecule has 0 saturated heterocycles. The van der Waals surface area contributed by atoms with Gasteiger partial charge >= 0.3 is 0 Å². The van der Waals surface area contributed by atoms with Gasteiger partial charge in [0.05, 0.1) is 0 Å². The normalized spacial score (nSPS) is 40.3. The van der Waals surface area contributed by atoms with E-state index in [0.717, 1.165) is 18.8 Å². The maximum atomic E-state index is 11.8. The molecule has 5 unspecified atom stereocenters. The zero-order valence-electron chi connectivity index (χ0n) is 17.1. The van der Waals surface area contributed by atoms with Gasteiger partial charge in [-0.05, 0) is 66.9 Å². The smallest absolute Gasteiger partial charge is 0.156 e. The van der Waals surface area contributed by atoms with Gasteiger partial charge in [-0.3, -0.25) is 4.79 Å². The summed E-state index contributed by atoms with van der Waals surface area (Å²) in [5, 5.41) is 0. The van der Waals surface area contributed by atoms with Crippen LogP contribution in [-0.4, -0.2) is 11.6 Å². The third-order valence-electron chi connectivity index (χ3n) is 7.87. The minimum atomic E-state index is 0.224. The average molecular weight is 355 g/mol. The summed E-state index contributed by atoms with van der Waals surface area (Å²) in [6, 6.07) is 0. The fourth-order valence-corrected chi connectivity index (χ4v) is 5.58. The Bertz CT molecular complexity index is 695. The summed E-state index contributed by atoms with van der Waals surface area (Å²) in [7, 11) is 0. The van der Waals surface area contributed by atoms with Crippen molar-refractivity contribution in [1.82, 2.24) is 0 Å². The molecular weight excluding hydrogens is 320 g/mol. The van der Waals surface area contributed by atoms with Gasteiger partial charge in [0.2, 0.25) is 0 Å². The molecule has 4 rings (SSSR count). The van der Waals surface area contributed by atoms with Gasteiger partial charge in [0, 0.05) is 18.8 Å². The number of allylic oxidation sites excluding steroid dienone is 6. The minimum absolute atomic E-state index is 0.224. The van der Waals surface area contributed by atoms with Crippen molar-refractivity contribution in [3.05, 3.63) is 35.5 Å². The molecule has 0 heterocycles. The number of fused-ring (bicyclic) bond motifs is 5. The second-order valence-corrected chi connectivity index (χ2v) is 9.28. The fraction of sp³-hybridized carbons (Fsp3) is 0.667. The SMILES string of the molecule is CC1CC=C2C3C=CC4=CC(=O)CCC4(C)C3CCC21C.CCC(C)=O. The highest BCUT2D eigenvalue weighted by atomic mass is 16.1. The molecule has 142 valence electrons. The number of rotatable bonds is 1. The maximum absolute atomic E-state index is 11.8. The number of hydrogen-bond acceptors (Lipinski definition) is 2. The van der Waals surface area contributed by atoms with Gasteiger partial charge in [-0.1, -0.05) is 51.5 Å². The predicted molar refractivity (Wildman–Crippen MR) is 107 cm³/mol. The van der Waals surface area contributed by atoms with E-state index in [1.54, 1.807) is 12.5 Å². The Morgan fingerprint density at radius 2 is 1.92 bits per heavy atom. The Morgan fingerprint density at radius 3 is 2.58 bits per heavy atom. The molecule has 2 heteroatoms. The molecule has 1 saturated carbocycles. The Kier molecular flexibility index (Phi) is 5.16. The molecule has 0 amide bonds. The molecule has 0 radical (unpaired) electrons. The van der Waals surface area contributed by atoms with Crippen molar-refractivity contribution in [2.75, 3.05) is 0 Å². The summed E-state index contributed by atoms with van der Waals surface area (Å²) < 4.78 is 0. The Balaban J connectivity index is 0.000000349. The molecule has 26 heavy (non-hydrogen) atoms. The van der Waals surface area contributed by atoms with Gasteiger partial charge in [0.1, 0.15) is 5.78 Å². The lowest BCUT2D eigenvalue weighted by Crippen LogP contribution is -2.45. The van der Waals surface area contributed by atoms with Crippen LogP contribution in [0.4, 0.5) is 0 Å². The van der Waals surface area contributed by atoms with E-state index in [2.05, 4.69) is 39.0 Å². The second-order valence-electron chi connectivity index (χ2n) is 9.28. The van der Waals surface area contributed by atoms with Crippen molar-refractivity contribution < 1.29 is 9.59 Å². The van der Waals surface area contributed by atoms with Crippen molar-refractivity contribution in [3.63, 3.8) is 0 Å². The summed E-state index contributed by atoms with van der Waals surface area (Å²) in [5.74, 6) is 2.68. The topological polar surface area (TPSA) is 34.1 Å². The first-order chi connectivity index (χ1) is 12.2. The molecule has 0 aromatic carbocycles. The standard InChI is InChI=1S/C20H26O.C4H8O/c1-13-4-7-17-16-6-5-14-12-15(21)8-10-20(14,3)18(16)9-11-19(13,17)2;1-3-4(2)5/h5-7,12-13,16,18H,4,8-11H2,1-3H3;3H2,1-2H3. The zero-order valence-corrected chi connectivity index (χ0v) is 17.1. The molecule has 0 spiro atoms. The first-order valence-electron chi connectivity index (χ1n) is 10.4. The van der Waals surface area contributed by atoms with E-state index >= 15 is 0 Å². The summed E-state index contributed by atoms with van der Waals surface area (Å²) in [5.41, 5.74) is 3.66. The van der Waals surface area contributed by atoms with Crippen molar-refractivity contribution in [1.29, 1.82) is 0 Å². The van der Waals surface area contributed by atoms with E-state index < -0.39 is 0 Å². The van der Waals surface area contributed by atoms with Crippen LogP contribution in [0.15, 0.2) is 35.5 Å². The van der Waals surface area contributed by atoms with Crippen LogP contribution in [0.25, 0.3) is 0 Å². The Hall–Kier alpha value is -1.44. The van der Waals surface area contributed by atoms with Gasteiger partial charge in [0.25, 0.3) is 0 Å². The van der Waals surface area contributed by atoms with Crippen LogP contribution in [0, 0.1) is 28.6 Å². The molecular formula is C24H34O2. The molecule has 4 aliphatic rings. The average Bonchev–Trinajstić information content (AvgIpc) is 2.91. The molecule has 4 aliphatic carbocycles. The number of Topliss-reactive ketones (excluding diaryl/α,β-unsaturated/α-hetero) is 1. The van der Waals surface area contributed by atoms with Crippen LogP contribution in [0.3, 0.4) is 0 Å². The fourth-order valence-electron chi connectivity index (χ4n) is 5.58. The van der Waals surface area contributed by atoms with E-state index in [0.29, 0.717) is 29.5 Å². The highest BCUT2D eigenvalue weighted by Crippen LogP contribution is 2.63. The number of hydrogen-bond donors (Lipinski definition) is 0. The summed E-state index contributed by atoms with van der Waals surface area (Å²) in [6.45, 7) is 10.7. The number of carbonyl (C=O) groups excluding carboxylic acids is 2. The van der Waals surface area contributed by atoms with Crippen LogP contribution >= 0.6 is 0 Å². The van der Waals surface area contributed by atoms with Gasteiger partial charge in [-0.15, -0.1) is 0 Å². The molecule has 0 bridgehead atoms.